The monoisotopic (exact) mass is 179 g/mol. The van der Waals surface area contributed by atoms with Crippen LogP contribution in [0.5, 0.6) is 5.88 Å². The Hall–Kier alpha value is -1.38. The maximum atomic E-state index is 10.5. The van der Waals surface area contributed by atoms with Gasteiger partial charge >= 0.3 is 0 Å². The maximum Gasteiger partial charge on any atom is 0.213 e. The zero-order valence-electron chi connectivity index (χ0n) is 8.07. The predicted octanol–water partition coefficient (Wildman–Crippen LogP) is 1.99. The molecule has 1 heterocycles. The minimum absolute atomic E-state index is 0.106. The quantitative estimate of drug-likeness (QED) is 0.666. The van der Waals surface area contributed by atoms with Crippen LogP contribution in [0.1, 0.15) is 29.8 Å². The Morgan fingerprint density at radius 2 is 2.23 bits per heavy atom. The van der Waals surface area contributed by atoms with Crippen molar-refractivity contribution < 1.29 is 9.53 Å². The molecule has 3 nitrogen and oxygen atoms in total. The van der Waals surface area contributed by atoms with E-state index in [-0.39, 0.29) is 6.10 Å². The normalized spacial score (nSPS) is 10.2. The zero-order chi connectivity index (χ0) is 9.84. The highest BCUT2D eigenvalue weighted by Gasteiger charge is 2.02. The number of aryl methyl sites for hydroxylation is 1. The van der Waals surface area contributed by atoms with E-state index in [2.05, 4.69) is 4.98 Å². The van der Waals surface area contributed by atoms with Gasteiger partial charge in [0.15, 0.2) is 6.29 Å². The lowest BCUT2D eigenvalue weighted by molar-refractivity contribution is 0.112. The van der Waals surface area contributed by atoms with Gasteiger partial charge in [0.2, 0.25) is 5.88 Å². The predicted molar refractivity (Wildman–Crippen MR) is 50.1 cm³/mol. The van der Waals surface area contributed by atoms with Crippen LogP contribution in [0.4, 0.5) is 0 Å². The summed E-state index contributed by atoms with van der Waals surface area (Å²) in [6.07, 6.45) is 2.43. The lowest BCUT2D eigenvalue weighted by Crippen LogP contribution is -2.07. The van der Waals surface area contributed by atoms with Gasteiger partial charge in [-0.2, -0.15) is 0 Å². The van der Waals surface area contributed by atoms with E-state index in [0.717, 1.165) is 11.8 Å². The SMILES string of the molecule is Cc1cc(OC(C)C)ncc1C=O. The fraction of sp³-hybridized carbons (Fsp3) is 0.400. The molecule has 0 N–H and O–H groups in total. The molecule has 70 valence electrons. The highest BCUT2D eigenvalue weighted by atomic mass is 16.5. The van der Waals surface area contributed by atoms with Gasteiger partial charge in [-0.3, -0.25) is 4.79 Å². The highest BCUT2D eigenvalue weighted by molar-refractivity contribution is 5.76. The molecule has 0 unspecified atom stereocenters. The molecule has 0 spiro atoms. The molecule has 0 fully saturated rings. The Morgan fingerprint density at radius 1 is 1.54 bits per heavy atom. The molecule has 3 heteroatoms. The van der Waals surface area contributed by atoms with Crippen LogP contribution in [-0.2, 0) is 0 Å². The van der Waals surface area contributed by atoms with Crippen LogP contribution in [0.15, 0.2) is 12.3 Å². The second kappa shape index (κ2) is 4.03. The molecular formula is C10H13NO2. The fourth-order valence-electron chi connectivity index (χ4n) is 0.970. The van der Waals surface area contributed by atoms with Gasteiger partial charge in [0.1, 0.15) is 0 Å². The molecule has 0 saturated heterocycles. The average molecular weight is 179 g/mol. The van der Waals surface area contributed by atoms with E-state index in [9.17, 15) is 4.79 Å². The summed E-state index contributed by atoms with van der Waals surface area (Å²) >= 11 is 0. The third kappa shape index (κ3) is 2.54. The first kappa shape index (κ1) is 9.71. The van der Waals surface area contributed by atoms with Crippen molar-refractivity contribution in [3.63, 3.8) is 0 Å². The van der Waals surface area contributed by atoms with Crippen molar-refractivity contribution in [1.29, 1.82) is 0 Å². The molecule has 0 aromatic carbocycles. The van der Waals surface area contributed by atoms with E-state index in [1.807, 2.05) is 20.8 Å². The lowest BCUT2D eigenvalue weighted by Gasteiger charge is -2.09. The van der Waals surface area contributed by atoms with Crippen LogP contribution < -0.4 is 4.74 Å². The number of hydrogen-bond acceptors (Lipinski definition) is 3. The first-order valence-electron chi connectivity index (χ1n) is 4.22. The largest absolute Gasteiger partial charge is 0.475 e. The molecule has 1 aromatic heterocycles. The summed E-state index contributed by atoms with van der Waals surface area (Å²) in [6.45, 7) is 5.73. The van der Waals surface area contributed by atoms with Crippen molar-refractivity contribution in [2.45, 2.75) is 26.9 Å². The van der Waals surface area contributed by atoms with Crippen LogP contribution >= 0.6 is 0 Å². The van der Waals surface area contributed by atoms with Crippen molar-refractivity contribution in [2.75, 3.05) is 0 Å². The molecule has 0 aliphatic rings. The van der Waals surface area contributed by atoms with Crippen LogP contribution in [0.2, 0.25) is 0 Å². The summed E-state index contributed by atoms with van der Waals surface area (Å²) in [5.74, 6) is 0.568. The number of hydrogen-bond donors (Lipinski definition) is 0. The van der Waals surface area contributed by atoms with E-state index in [0.29, 0.717) is 11.4 Å². The first-order chi connectivity index (χ1) is 6.13. The van der Waals surface area contributed by atoms with Crippen molar-refractivity contribution in [2.24, 2.45) is 0 Å². The number of rotatable bonds is 3. The molecule has 0 bridgehead atoms. The molecule has 0 aliphatic carbocycles. The fourth-order valence-corrected chi connectivity index (χ4v) is 0.970. The molecule has 0 radical (unpaired) electrons. The van der Waals surface area contributed by atoms with Crippen LogP contribution in [-0.4, -0.2) is 17.4 Å². The average Bonchev–Trinajstić information content (AvgIpc) is 2.03. The van der Waals surface area contributed by atoms with E-state index < -0.39 is 0 Å². The summed E-state index contributed by atoms with van der Waals surface area (Å²) < 4.78 is 5.37. The number of aromatic nitrogens is 1. The number of carbonyl (C=O) groups is 1. The van der Waals surface area contributed by atoms with Gasteiger partial charge in [0.25, 0.3) is 0 Å². The second-order valence-corrected chi connectivity index (χ2v) is 3.16. The van der Waals surface area contributed by atoms with Crippen LogP contribution in [0.3, 0.4) is 0 Å². The van der Waals surface area contributed by atoms with Crippen LogP contribution in [0, 0.1) is 6.92 Å². The van der Waals surface area contributed by atoms with Gasteiger partial charge in [-0.05, 0) is 26.3 Å². The zero-order valence-corrected chi connectivity index (χ0v) is 8.07. The topological polar surface area (TPSA) is 39.2 Å². The van der Waals surface area contributed by atoms with E-state index in [1.165, 1.54) is 6.20 Å². The maximum absolute atomic E-state index is 10.5. The smallest absolute Gasteiger partial charge is 0.213 e. The van der Waals surface area contributed by atoms with Gasteiger partial charge in [-0.15, -0.1) is 0 Å². The van der Waals surface area contributed by atoms with E-state index >= 15 is 0 Å². The number of carbonyl (C=O) groups excluding carboxylic acids is 1. The summed E-state index contributed by atoms with van der Waals surface area (Å²) in [6, 6.07) is 1.77. The van der Waals surface area contributed by atoms with E-state index in [4.69, 9.17) is 4.74 Å². The van der Waals surface area contributed by atoms with Crippen LogP contribution in [0.25, 0.3) is 0 Å². The lowest BCUT2D eigenvalue weighted by atomic mass is 10.2. The molecular weight excluding hydrogens is 166 g/mol. The number of nitrogens with zero attached hydrogens (tertiary/aromatic N) is 1. The third-order valence-electron chi connectivity index (χ3n) is 1.61. The van der Waals surface area contributed by atoms with Crippen molar-refractivity contribution in [3.8, 4) is 5.88 Å². The van der Waals surface area contributed by atoms with Gasteiger partial charge in [0.05, 0.1) is 6.10 Å². The standard InChI is InChI=1S/C10H13NO2/c1-7(2)13-10-4-8(3)9(6-12)5-11-10/h4-7H,1-3H3. The Kier molecular flexibility index (Phi) is 3.01. The Balaban J connectivity index is 2.89. The Morgan fingerprint density at radius 3 is 2.69 bits per heavy atom. The van der Waals surface area contributed by atoms with Gasteiger partial charge in [-0.25, -0.2) is 4.98 Å². The molecule has 1 rings (SSSR count). The minimum atomic E-state index is 0.106. The molecule has 0 saturated carbocycles. The van der Waals surface area contributed by atoms with Gasteiger partial charge in [0, 0.05) is 17.8 Å². The number of pyridine rings is 1. The van der Waals surface area contributed by atoms with Gasteiger partial charge < -0.3 is 4.74 Å². The van der Waals surface area contributed by atoms with Crippen molar-refractivity contribution in [3.05, 3.63) is 23.4 Å². The first-order valence-corrected chi connectivity index (χ1v) is 4.22. The summed E-state index contributed by atoms with van der Waals surface area (Å²) in [5, 5.41) is 0. The van der Waals surface area contributed by atoms with Gasteiger partial charge in [-0.1, -0.05) is 0 Å². The second-order valence-electron chi connectivity index (χ2n) is 3.16. The van der Waals surface area contributed by atoms with Crippen molar-refractivity contribution >= 4 is 6.29 Å². The summed E-state index contributed by atoms with van der Waals surface area (Å²) in [7, 11) is 0. The molecule has 0 aliphatic heterocycles. The highest BCUT2D eigenvalue weighted by Crippen LogP contribution is 2.13. The number of ether oxygens (including phenoxy) is 1. The Labute approximate surface area is 77.8 Å². The molecule has 13 heavy (non-hydrogen) atoms. The van der Waals surface area contributed by atoms with Crippen molar-refractivity contribution in [1.82, 2.24) is 4.98 Å². The molecule has 0 atom stereocenters. The molecule has 0 amide bonds. The number of aldehydes is 1. The van der Waals surface area contributed by atoms with E-state index in [1.54, 1.807) is 6.07 Å². The summed E-state index contributed by atoms with van der Waals surface area (Å²) in [4.78, 5) is 14.5. The third-order valence-corrected chi connectivity index (χ3v) is 1.61. The summed E-state index contributed by atoms with van der Waals surface area (Å²) in [5.41, 5.74) is 1.50. The molecule has 1 aromatic rings. The minimum Gasteiger partial charge on any atom is -0.475 e. The Bertz CT molecular complexity index is 308.